The molecule has 0 bridgehead atoms. The zero-order valence-corrected chi connectivity index (χ0v) is 17.7. The first-order valence-corrected chi connectivity index (χ1v) is 10.8. The van der Waals surface area contributed by atoms with Gasteiger partial charge in [0.2, 0.25) is 11.8 Å². The minimum Gasteiger partial charge on any atom is -0.450 e. The zero-order chi connectivity index (χ0) is 21.3. The normalized spacial score (nSPS) is 18.2. The molecule has 0 aliphatic carbocycles. The lowest BCUT2D eigenvalue weighted by Gasteiger charge is -2.38. The van der Waals surface area contributed by atoms with E-state index >= 15 is 0 Å². The Kier molecular flexibility index (Phi) is 8.07. The third-order valence-corrected chi connectivity index (χ3v) is 5.75. The number of nitrogens with zero attached hydrogens (tertiary/aromatic N) is 3. The Bertz CT molecular complexity index is 711. The van der Waals surface area contributed by atoms with Gasteiger partial charge in [-0.25, -0.2) is 4.79 Å². The first-order chi connectivity index (χ1) is 14.6. The van der Waals surface area contributed by atoms with E-state index in [4.69, 9.17) is 4.74 Å². The molecule has 2 aliphatic heterocycles. The molecule has 2 fully saturated rings. The molecule has 3 amide bonds. The Hall–Kier alpha value is -2.61. The number of carbonyl (C=O) groups excluding carboxylic acids is 3. The number of rotatable bonds is 6. The summed E-state index contributed by atoms with van der Waals surface area (Å²) >= 11 is 0. The van der Waals surface area contributed by atoms with Crippen LogP contribution in [0.3, 0.4) is 0 Å². The van der Waals surface area contributed by atoms with Crippen LogP contribution in [-0.4, -0.2) is 85.0 Å². The Morgan fingerprint density at radius 1 is 0.967 bits per heavy atom. The lowest BCUT2D eigenvalue weighted by molar-refractivity contribution is -0.139. The number of piperidine rings is 1. The summed E-state index contributed by atoms with van der Waals surface area (Å²) < 4.78 is 5.03. The first kappa shape index (κ1) is 22.1. The first-order valence-electron chi connectivity index (χ1n) is 10.8. The van der Waals surface area contributed by atoms with E-state index in [9.17, 15) is 14.4 Å². The molecule has 0 aromatic heterocycles. The number of benzene rings is 1. The van der Waals surface area contributed by atoms with Crippen LogP contribution >= 0.6 is 0 Å². The Morgan fingerprint density at radius 3 is 2.27 bits per heavy atom. The maximum absolute atomic E-state index is 12.8. The molecule has 164 valence electrons. The van der Waals surface area contributed by atoms with E-state index in [0.717, 1.165) is 5.56 Å². The van der Waals surface area contributed by atoms with Gasteiger partial charge in [-0.3, -0.25) is 14.5 Å². The van der Waals surface area contributed by atoms with Gasteiger partial charge in [0.1, 0.15) is 0 Å². The average Bonchev–Trinajstić information content (AvgIpc) is 2.79. The van der Waals surface area contributed by atoms with Crippen LogP contribution in [0.2, 0.25) is 0 Å². The van der Waals surface area contributed by atoms with Crippen LogP contribution in [0.15, 0.2) is 30.3 Å². The fourth-order valence-electron chi connectivity index (χ4n) is 3.96. The summed E-state index contributed by atoms with van der Waals surface area (Å²) in [4.78, 5) is 42.5. The molecule has 1 N–H and O–H groups in total. The number of piperazine rings is 1. The molecule has 30 heavy (non-hydrogen) atoms. The van der Waals surface area contributed by atoms with Crippen LogP contribution in [0, 0.1) is 5.92 Å². The molecule has 2 aliphatic rings. The van der Waals surface area contributed by atoms with E-state index < -0.39 is 0 Å². The minimum absolute atomic E-state index is 0.00460. The summed E-state index contributed by atoms with van der Waals surface area (Å²) in [5.74, 6) is 0.146. The summed E-state index contributed by atoms with van der Waals surface area (Å²) in [7, 11) is 0. The number of likely N-dealkylation sites (tertiary alicyclic amines) is 1. The molecule has 0 atom stereocenters. The van der Waals surface area contributed by atoms with Crippen molar-refractivity contribution in [2.45, 2.75) is 26.3 Å². The third-order valence-electron chi connectivity index (χ3n) is 5.75. The van der Waals surface area contributed by atoms with E-state index in [0.29, 0.717) is 71.8 Å². The molecule has 0 spiro atoms. The SMILES string of the molecule is CCOC(=O)N1CCC(C(=O)N2CCN(CC(=O)NCc3ccccc3)CC2)CC1. The van der Waals surface area contributed by atoms with Crippen molar-refractivity contribution >= 4 is 17.9 Å². The summed E-state index contributed by atoms with van der Waals surface area (Å²) in [6, 6.07) is 9.84. The summed E-state index contributed by atoms with van der Waals surface area (Å²) in [6.45, 7) is 6.86. The van der Waals surface area contributed by atoms with E-state index in [1.165, 1.54) is 0 Å². The topological polar surface area (TPSA) is 82.2 Å². The van der Waals surface area contributed by atoms with Gasteiger partial charge in [-0.1, -0.05) is 30.3 Å². The van der Waals surface area contributed by atoms with Gasteiger partial charge >= 0.3 is 6.09 Å². The van der Waals surface area contributed by atoms with Gasteiger partial charge < -0.3 is 19.9 Å². The average molecular weight is 417 g/mol. The molecule has 3 rings (SSSR count). The van der Waals surface area contributed by atoms with Crippen molar-refractivity contribution in [1.82, 2.24) is 20.0 Å². The Balaban J connectivity index is 1.35. The van der Waals surface area contributed by atoms with Crippen molar-refractivity contribution in [3.05, 3.63) is 35.9 Å². The molecule has 0 radical (unpaired) electrons. The van der Waals surface area contributed by atoms with Crippen LogP contribution in [0.4, 0.5) is 4.79 Å². The van der Waals surface area contributed by atoms with Gasteiger partial charge in [-0.2, -0.15) is 0 Å². The maximum Gasteiger partial charge on any atom is 0.409 e. The maximum atomic E-state index is 12.8. The highest BCUT2D eigenvalue weighted by Gasteiger charge is 2.32. The number of hydrogen-bond donors (Lipinski definition) is 1. The van der Waals surface area contributed by atoms with E-state index in [1.54, 1.807) is 11.8 Å². The lowest BCUT2D eigenvalue weighted by atomic mass is 9.95. The number of ether oxygens (including phenoxy) is 1. The van der Waals surface area contributed by atoms with Crippen LogP contribution in [-0.2, 0) is 20.9 Å². The molecule has 1 aromatic carbocycles. The zero-order valence-electron chi connectivity index (χ0n) is 17.7. The smallest absolute Gasteiger partial charge is 0.409 e. The van der Waals surface area contributed by atoms with Crippen molar-refractivity contribution in [1.29, 1.82) is 0 Å². The number of nitrogens with one attached hydrogen (secondary N) is 1. The fraction of sp³-hybridized carbons (Fsp3) is 0.591. The van der Waals surface area contributed by atoms with Gasteiger partial charge in [0, 0.05) is 51.7 Å². The monoisotopic (exact) mass is 416 g/mol. The standard InChI is InChI=1S/C22H32N4O4/c1-2-30-22(29)26-10-8-19(9-11-26)21(28)25-14-12-24(13-15-25)17-20(27)23-16-18-6-4-3-5-7-18/h3-7,19H,2,8-17H2,1H3,(H,23,27). The predicted molar refractivity (Wildman–Crippen MR) is 113 cm³/mol. The number of amides is 3. The van der Waals surface area contributed by atoms with E-state index in [1.807, 2.05) is 35.2 Å². The van der Waals surface area contributed by atoms with Crippen molar-refractivity contribution < 1.29 is 19.1 Å². The Labute approximate surface area is 178 Å². The van der Waals surface area contributed by atoms with Gasteiger partial charge in [-0.05, 0) is 25.3 Å². The largest absolute Gasteiger partial charge is 0.450 e. The van der Waals surface area contributed by atoms with Crippen LogP contribution in [0.5, 0.6) is 0 Å². The van der Waals surface area contributed by atoms with Crippen molar-refractivity contribution in [3.8, 4) is 0 Å². The Morgan fingerprint density at radius 2 is 1.63 bits per heavy atom. The molecule has 1 aromatic rings. The quantitative estimate of drug-likeness (QED) is 0.756. The van der Waals surface area contributed by atoms with Gasteiger partial charge in [0.05, 0.1) is 13.2 Å². The highest BCUT2D eigenvalue weighted by Crippen LogP contribution is 2.21. The molecular formula is C22H32N4O4. The van der Waals surface area contributed by atoms with Gasteiger partial charge in [-0.15, -0.1) is 0 Å². The van der Waals surface area contributed by atoms with Crippen LogP contribution in [0.25, 0.3) is 0 Å². The molecule has 2 heterocycles. The summed E-state index contributed by atoms with van der Waals surface area (Å²) in [5, 5.41) is 2.95. The van der Waals surface area contributed by atoms with Crippen LogP contribution < -0.4 is 5.32 Å². The highest BCUT2D eigenvalue weighted by molar-refractivity contribution is 5.80. The molecule has 2 saturated heterocycles. The highest BCUT2D eigenvalue weighted by atomic mass is 16.6. The van der Waals surface area contributed by atoms with Crippen molar-refractivity contribution in [2.75, 3.05) is 52.4 Å². The van der Waals surface area contributed by atoms with Crippen molar-refractivity contribution in [2.24, 2.45) is 5.92 Å². The predicted octanol–water partition coefficient (Wildman–Crippen LogP) is 1.32. The van der Waals surface area contributed by atoms with Crippen molar-refractivity contribution in [3.63, 3.8) is 0 Å². The number of carbonyl (C=O) groups is 3. The summed E-state index contributed by atoms with van der Waals surface area (Å²) in [5.41, 5.74) is 1.08. The summed E-state index contributed by atoms with van der Waals surface area (Å²) in [6.07, 6.45) is 1.07. The molecule has 8 heteroatoms. The van der Waals surface area contributed by atoms with Gasteiger partial charge in [0.15, 0.2) is 0 Å². The van der Waals surface area contributed by atoms with Crippen LogP contribution in [0.1, 0.15) is 25.3 Å². The fourth-order valence-corrected chi connectivity index (χ4v) is 3.96. The minimum atomic E-state index is -0.289. The second kappa shape index (κ2) is 11.0. The van der Waals surface area contributed by atoms with E-state index in [-0.39, 0.29) is 23.8 Å². The molecule has 8 nitrogen and oxygen atoms in total. The molecule has 0 saturated carbocycles. The lowest BCUT2D eigenvalue weighted by Crippen LogP contribution is -2.53. The third kappa shape index (κ3) is 6.19. The molecular weight excluding hydrogens is 384 g/mol. The number of hydrogen-bond acceptors (Lipinski definition) is 5. The second-order valence-corrected chi connectivity index (χ2v) is 7.82. The molecule has 0 unspecified atom stereocenters. The van der Waals surface area contributed by atoms with Gasteiger partial charge in [0.25, 0.3) is 0 Å². The second-order valence-electron chi connectivity index (χ2n) is 7.82. The van der Waals surface area contributed by atoms with E-state index in [2.05, 4.69) is 10.2 Å².